The molecule has 0 radical (unpaired) electrons. The number of aryl methyl sites for hydroxylation is 1. The van der Waals surface area contributed by atoms with Crippen LogP contribution in [0.4, 0.5) is 5.69 Å². The second-order valence-electron chi connectivity index (χ2n) is 6.45. The van der Waals surface area contributed by atoms with Crippen molar-refractivity contribution in [1.29, 1.82) is 0 Å². The van der Waals surface area contributed by atoms with Gasteiger partial charge < -0.3 is 14.8 Å². The number of ether oxygens (including phenoxy) is 2. The first-order valence-electron chi connectivity index (χ1n) is 9.02. The Morgan fingerprint density at radius 3 is 2.53 bits per heavy atom. The van der Waals surface area contributed by atoms with Crippen molar-refractivity contribution in [3.8, 4) is 22.6 Å². The third kappa shape index (κ3) is 3.59. The fourth-order valence-electron chi connectivity index (χ4n) is 3.09. The van der Waals surface area contributed by atoms with Gasteiger partial charge in [-0.25, -0.2) is 4.52 Å². The van der Waals surface area contributed by atoms with Gasteiger partial charge in [0.15, 0.2) is 11.3 Å². The normalized spacial score (nSPS) is 10.8. The maximum Gasteiger partial charge on any atom is 0.278 e. The lowest BCUT2D eigenvalue weighted by Crippen LogP contribution is -2.19. The van der Waals surface area contributed by atoms with E-state index in [-0.39, 0.29) is 5.69 Å². The van der Waals surface area contributed by atoms with Gasteiger partial charge in [0.25, 0.3) is 5.91 Å². The van der Waals surface area contributed by atoms with E-state index < -0.39 is 5.91 Å². The van der Waals surface area contributed by atoms with Crippen molar-refractivity contribution in [3.05, 3.63) is 64.5 Å². The number of anilines is 1. The zero-order valence-electron chi connectivity index (χ0n) is 16.5. The number of fused-ring (bicyclic) bond motifs is 1. The number of halogens is 1. The molecule has 1 N–H and O–H groups in total. The number of nitrogens with zero attached hydrogens (tertiary/aromatic N) is 4. The summed E-state index contributed by atoms with van der Waals surface area (Å²) < 4.78 is 13.1. The number of carbonyl (C=O) groups excluding carboxylic acids is 1. The summed E-state index contributed by atoms with van der Waals surface area (Å²) in [5, 5.41) is 15.6. The van der Waals surface area contributed by atoms with Crippen LogP contribution in [0.1, 0.15) is 16.2 Å². The van der Waals surface area contributed by atoms with Gasteiger partial charge in [-0.2, -0.15) is 5.10 Å². The quantitative estimate of drug-likeness (QED) is 0.474. The third-order valence-electron chi connectivity index (χ3n) is 4.67. The molecule has 0 atom stereocenters. The van der Waals surface area contributed by atoms with Crippen LogP contribution in [0.15, 0.2) is 53.1 Å². The van der Waals surface area contributed by atoms with Crippen LogP contribution in [0.2, 0.25) is 0 Å². The molecule has 0 saturated carbocycles. The van der Waals surface area contributed by atoms with Crippen LogP contribution >= 0.6 is 15.9 Å². The van der Waals surface area contributed by atoms with E-state index in [2.05, 4.69) is 36.5 Å². The van der Waals surface area contributed by atoms with Crippen molar-refractivity contribution in [3.63, 3.8) is 0 Å². The van der Waals surface area contributed by atoms with Gasteiger partial charge in [-0.1, -0.05) is 28.1 Å². The zero-order valence-corrected chi connectivity index (χ0v) is 18.1. The standard InChI is InChI=1S/C21H18BrN5O3/c1-12-19(21(28)24-17-10-15(29-2)8-9-18(17)30-3)25-26-20-16(11-23-27(12)20)13-4-6-14(22)7-5-13/h4-11H,1-3H3,(H,24,28). The molecule has 0 bridgehead atoms. The molecular weight excluding hydrogens is 450 g/mol. The Kier molecular flexibility index (Phi) is 5.37. The molecule has 30 heavy (non-hydrogen) atoms. The van der Waals surface area contributed by atoms with Crippen molar-refractivity contribution in [1.82, 2.24) is 19.8 Å². The van der Waals surface area contributed by atoms with Crippen molar-refractivity contribution >= 4 is 33.2 Å². The Balaban J connectivity index is 1.69. The second-order valence-corrected chi connectivity index (χ2v) is 7.37. The van der Waals surface area contributed by atoms with Crippen LogP contribution in [0.3, 0.4) is 0 Å². The van der Waals surface area contributed by atoms with Crippen molar-refractivity contribution < 1.29 is 14.3 Å². The van der Waals surface area contributed by atoms with Crippen LogP contribution < -0.4 is 14.8 Å². The highest BCUT2D eigenvalue weighted by atomic mass is 79.9. The molecule has 8 nitrogen and oxygen atoms in total. The van der Waals surface area contributed by atoms with Crippen molar-refractivity contribution in [2.45, 2.75) is 6.92 Å². The largest absolute Gasteiger partial charge is 0.497 e. The molecule has 4 aromatic rings. The topological polar surface area (TPSA) is 90.6 Å². The molecule has 0 aliphatic rings. The van der Waals surface area contributed by atoms with E-state index in [4.69, 9.17) is 9.47 Å². The van der Waals surface area contributed by atoms with Crippen LogP contribution in [0, 0.1) is 6.92 Å². The molecule has 0 spiro atoms. The molecule has 2 aromatic carbocycles. The summed E-state index contributed by atoms with van der Waals surface area (Å²) in [4.78, 5) is 12.9. The average Bonchev–Trinajstić information content (AvgIpc) is 3.19. The maximum atomic E-state index is 12.9. The van der Waals surface area contributed by atoms with Gasteiger partial charge in [-0.3, -0.25) is 4.79 Å². The second kappa shape index (κ2) is 8.11. The molecule has 2 aromatic heterocycles. The maximum absolute atomic E-state index is 12.9. The predicted molar refractivity (Wildman–Crippen MR) is 116 cm³/mol. The van der Waals surface area contributed by atoms with Gasteiger partial charge in [0.2, 0.25) is 0 Å². The van der Waals surface area contributed by atoms with Crippen molar-refractivity contribution in [2.24, 2.45) is 0 Å². The molecule has 4 rings (SSSR count). The van der Waals surface area contributed by atoms with Crippen LogP contribution in [0.25, 0.3) is 16.8 Å². The Morgan fingerprint density at radius 2 is 1.83 bits per heavy atom. The Morgan fingerprint density at radius 1 is 1.07 bits per heavy atom. The summed E-state index contributed by atoms with van der Waals surface area (Å²) in [6.45, 7) is 1.78. The van der Waals surface area contributed by atoms with Crippen LogP contribution in [-0.4, -0.2) is 39.9 Å². The number of amides is 1. The first-order valence-corrected chi connectivity index (χ1v) is 9.81. The van der Waals surface area contributed by atoms with Gasteiger partial charge in [0.1, 0.15) is 11.5 Å². The first kappa shape index (κ1) is 19.8. The Hall–Kier alpha value is -3.46. The number of hydrogen-bond acceptors (Lipinski definition) is 6. The number of nitrogens with one attached hydrogen (secondary N) is 1. The van der Waals surface area contributed by atoms with Gasteiger partial charge in [-0.05, 0) is 36.8 Å². The molecule has 1 amide bonds. The average molecular weight is 468 g/mol. The number of methoxy groups -OCH3 is 2. The first-order chi connectivity index (χ1) is 14.5. The molecule has 0 fully saturated rings. The molecule has 0 aliphatic carbocycles. The van der Waals surface area contributed by atoms with Crippen molar-refractivity contribution in [2.75, 3.05) is 19.5 Å². The van der Waals surface area contributed by atoms with E-state index in [0.717, 1.165) is 15.6 Å². The smallest absolute Gasteiger partial charge is 0.278 e. The van der Waals surface area contributed by atoms with E-state index in [1.54, 1.807) is 42.9 Å². The monoisotopic (exact) mass is 467 g/mol. The van der Waals surface area contributed by atoms with Gasteiger partial charge in [0.05, 0.1) is 31.8 Å². The van der Waals surface area contributed by atoms with Crippen LogP contribution in [-0.2, 0) is 0 Å². The van der Waals surface area contributed by atoms with E-state index in [1.165, 1.54) is 7.11 Å². The molecular formula is C21H18BrN5O3. The summed E-state index contributed by atoms with van der Waals surface area (Å²) in [7, 11) is 3.08. The Bertz CT molecular complexity index is 1240. The summed E-state index contributed by atoms with van der Waals surface area (Å²) in [6, 6.07) is 13.0. The highest BCUT2D eigenvalue weighted by Crippen LogP contribution is 2.30. The lowest BCUT2D eigenvalue weighted by atomic mass is 10.1. The molecule has 0 unspecified atom stereocenters. The van der Waals surface area contributed by atoms with Crippen LogP contribution in [0.5, 0.6) is 11.5 Å². The number of aromatic nitrogens is 4. The van der Waals surface area contributed by atoms with Gasteiger partial charge in [0, 0.05) is 16.1 Å². The number of benzene rings is 2. The highest BCUT2D eigenvalue weighted by molar-refractivity contribution is 9.10. The third-order valence-corrected chi connectivity index (χ3v) is 5.20. The predicted octanol–water partition coefficient (Wildman–Crippen LogP) is 4.13. The van der Waals surface area contributed by atoms with E-state index in [0.29, 0.717) is 28.5 Å². The van der Waals surface area contributed by atoms with Gasteiger partial charge in [-0.15, -0.1) is 10.2 Å². The summed E-state index contributed by atoms with van der Waals surface area (Å²) >= 11 is 3.43. The SMILES string of the molecule is COc1ccc(OC)c(NC(=O)c2nnc3c(-c4ccc(Br)cc4)cnn3c2C)c1. The lowest BCUT2D eigenvalue weighted by Gasteiger charge is -2.12. The zero-order chi connectivity index (χ0) is 21.3. The summed E-state index contributed by atoms with van der Waals surface area (Å²) in [6.07, 6.45) is 1.72. The molecule has 0 saturated heterocycles. The molecule has 152 valence electrons. The van der Waals surface area contributed by atoms with E-state index >= 15 is 0 Å². The van der Waals surface area contributed by atoms with E-state index in [9.17, 15) is 4.79 Å². The highest BCUT2D eigenvalue weighted by Gasteiger charge is 2.19. The molecule has 9 heteroatoms. The fraction of sp³-hybridized carbons (Fsp3) is 0.143. The van der Waals surface area contributed by atoms with E-state index in [1.807, 2.05) is 24.3 Å². The number of hydrogen-bond donors (Lipinski definition) is 1. The Labute approximate surface area is 181 Å². The number of rotatable bonds is 5. The molecule has 2 heterocycles. The number of carbonyl (C=O) groups is 1. The minimum absolute atomic E-state index is 0.165. The lowest BCUT2D eigenvalue weighted by molar-refractivity contribution is 0.101. The molecule has 0 aliphatic heterocycles. The van der Waals surface area contributed by atoms with Gasteiger partial charge >= 0.3 is 0 Å². The summed E-state index contributed by atoms with van der Waals surface area (Å²) in [5.41, 5.74) is 3.57. The summed E-state index contributed by atoms with van der Waals surface area (Å²) in [5.74, 6) is 0.678. The fourth-order valence-corrected chi connectivity index (χ4v) is 3.35. The minimum atomic E-state index is -0.422. The minimum Gasteiger partial charge on any atom is -0.497 e.